The lowest BCUT2D eigenvalue weighted by Crippen LogP contribution is -2.52. The van der Waals surface area contributed by atoms with E-state index in [0.717, 1.165) is 11.1 Å². The molecule has 3 rings (SSSR count). The molecule has 1 N–H and O–H groups in total. The van der Waals surface area contributed by atoms with Gasteiger partial charge in [-0.05, 0) is 24.5 Å². The van der Waals surface area contributed by atoms with Crippen molar-refractivity contribution in [2.24, 2.45) is 0 Å². The second-order valence-corrected chi connectivity index (χ2v) is 5.01. The van der Waals surface area contributed by atoms with Crippen LogP contribution in [0.2, 0.25) is 0 Å². The lowest BCUT2D eigenvalue weighted by molar-refractivity contribution is -0.136. The molecule has 1 atom stereocenters. The predicted molar refractivity (Wildman–Crippen MR) is 67.2 cm³/mol. The normalized spacial score (nSPS) is 22.5. The fourth-order valence-corrected chi connectivity index (χ4v) is 2.80. The van der Waals surface area contributed by atoms with Gasteiger partial charge in [0.15, 0.2) is 0 Å². The van der Waals surface area contributed by atoms with Crippen molar-refractivity contribution in [2.75, 3.05) is 0 Å². The van der Waals surface area contributed by atoms with E-state index in [1.54, 1.807) is 4.90 Å². The van der Waals surface area contributed by atoms with E-state index < -0.39 is 6.04 Å². The van der Waals surface area contributed by atoms with E-state index in [9.17, 15) is 14.4 Å². The van der Waals surface area contributed by atoms with Crippen LogP contribution in [0, 0.1) is 6.92 Å². The SMILES string of the molecule is Cc1cccc2c1C(=O)N([C@@H]1CCC(=O)NC1=O)C2. The topological polar surface area (TPSA) is 66.5 Å². The number of fused-ring (bicyclic) bond motifs is 1. The van der Waals surface area contributed by atoms with Crippen molar-refractivity contribution in [1.82, 2.24) is 10.2 Å². The third-order valence-electron chi connectivity index (χ3n) is 3.76. The lowest BCUT2D eigenvalue weighted by atomic mass is 10.0. The predicted octanol–water partition coefficient (Wildman–Crippen LogP) is 0.756. The number of piperidine rings is 1. The van der Waals surface area contributed by atoms with Crippen LogP contribution >= 0.6 is 0 Å². The number of hydrogen-bond donors (Lipinski definition) is 1. The van der Waals surface area contributed by atoms with E-state index in [0.29, 0.717) is 18.5 Å². The van der Waals surface area contributed by atoms with Gasteiger partial charge in [0.25, 0.3) is 5.91 Å². The monoisotopic (exact) mass is 258 g/mol. The highest BCUT2D eigenvalue weighted by Crippen LogP contribution is 2.29. The van der Waals surface area contributed by atoms with Gasteiger partial charge in [-0.3, -0.25) is 19.7 Å². The second kappa shape index (κ2) is 4.19. The van der Waals surface area contributed by atoms with Gasteiger partial charge in [-0.2, -0.15) is 0 Å². The maximum absolute atomic E-state index is 12.4. The third-order valence-corrected chi connectivity index (χ3v) is 3.76. The molecule has 2 aliphatic heterocycles. The summed E-state index contributed by atoms with van der Waals surface area (Å²) >= 11 is 0. The summed E-state index contributed by atoms with van der Waals surface area (Å²) in [6, 6.07) is 5.18. The minimum atomic E-state index is -0.531. The summed E-state index contributed by atoms with van der Waals surface area (Å²) in [7, 11) is 0. The molecule has 5 heteroatoms. The van der Waals surface area contributed by atoms with E-state index in [-0.39, 0.29) is 24.1 Å². The number of imide groups is 1. The molecular weight excluding hydrogens is 244 g/mol. The molecular formula is C14H14N2O3. The van der Waals surface area contributed by atoms with E-state index in [4.69, 9.17) is 0 Å². The smallest absolute Gasteiger partial charge is 0.255 e. The first-order valence-corrected chi connectivity index (χ1v) is 6.31. The fourth-order valence-electron chi connectivity index (χ4n) is 2.80. The largest absolute Gasteiger partial charge is 0.322 e. The van der Waals surface area contributed by atoms with Crippen molar-refractivity contribution in [3.05, 3.63) is 34.9 Å². The molecule has 1 fully saturated rings. The molecule has 2 aliphatic rings. The second-order valence-electron chi connectivity index (χ2n) is 5.01. The average Bonchev–Trinajstić information content (AvgIpc) is 2.68. The summed E-state index contributed by atoms with van der Waals surface area (Å²) in [4.78, 5) is 37.0. The molecule has 98 valence electrons. The molecule has 1 aromatic rings. The van der Waals surface area contributed by atoms with Crippen LogP contribution in [-0.2, 0) is 16.1 Å². The Bertz CT molecular complexity index is 594. The van der Waals surface area contributed by atoms with Crippen molar-refractivity contribution < 1.29 is 14.4 Å². The van der Waals surface area contributed by atoms with Gasteiger partial charge in [0, 0.05) is 18.5 Å². The first-order valence-electron chi connectivity index (χ1n) is 6.31. The van der Waals surface area contributed by atoms with Crippen molar-refractivity contribution in [2.45, 2.75) is 32.4 Å². The lowest BCUT2D eigenvalue weighted by Gasteiger charge is -2.29. The standard InChI is InChI=1S/C14H14N2O3/c1-8-3-2-4-9-7-16(14(19)12(8)9)10-5-6-11(17)15-13(10)18/h2-4,10H,5-7H2,1H3,(H,15,17,18)/t10-/m1/s1. The van der Waals surface area contributed by atoms with Gasteiger partial charge < -0.3 is 4.90 Å². The van der Waals surface area contributed by atoms with Crippen molar-refractivity contribution in [3.8, 4) is 0 Å². The molecule has 1 saturated heterocycles. The zero-order valence-electron chi connectivity index (χ0n) is 10.6. The highest BCUT2D eigenvalue weighted by molar-refractivity contribution is 6.05. The Morgan fingerprint density at radius 1 is 1.26 bits per heavy atom. The van der Waals surface area contributed by atoms with E-state index >= 15 is 0 Å². The molecule has 2 heterocycles. The van der Waals surface area contributed by atoms with Crippen LogP contribution in [0.3, 0.4) is 0 Å². The first-order chi connectivity index (χ1) is 9.08. The third kappa shape index (κ3) is 1.82. The van der Waals surface area contributed by atoms with Gasteiger partial charge in [0.05, 0.1) is 0 Å². The number of carbonyl (C=O) groups excluding carboxylic acids is 3. The van der Waals surface area contributed by atoms with Crippen LogP contribution in [0.5, 0.6) is 0 Å². The number of benzene rings is 1. The van der Waals surface area contributed by atoms with Crippen LogP contribution < -0.4 is 5.32 Å². The Labute approximate surface area is 110 Å². The molecule has 0 aliphatic carbocycles. The molecule has 0 unspecified atom stereocenters. The quantitative estimate of drug-likeness (QED) is 0.756. The molecule has 1 aromatic carbocycles. The molecule has 0 bridgehead atoms. The molecule has 5 nitrogen and oxygen atoms in total. The maximum atomic E-state index is 12.4. The number of nitrogens with zero attached hydrogens (tertiary/aromatic N) is 1. The fraction of sp³-hybridized carbons (Fsp3) is 0.357. The van der Waals surface area contributed by atoms with Gasteiger partial charge in [-0.25, -0.2) is 0 Å². The molecule has 0 spiro atoms. The van der Waals surface area contributed by atoms with Gasteiger partial charge in [-0.1, -0.05) is 18.2 Å². The van der Waals surface area contributed by atoms with Crippen LogP contribution in [0.15, 0.2) is 18.2 Å². The summed E-state index contributed by atoms with van der Waals surface area (Å²) in [5.41, 5.74) is 2.58. The number of rotatable bonds is 1. The number of carbonyl (C=O) groups is 3. The number of nitrogens with one attached hydrogen (secondary N) is 1. The summed E-state index contributed by atoms with van der Waals surface area (Å²) in [5.74, 6) is -0.737. The van der Waals surface area contributed by atoms with Crippen molar-refractivity contribution in [3.63, 3.8) is 0 Å². The number of hydrogen-bond acceptors (Lipinski definition) is 3. The zero-order valence-corrected chi connectivity index (χ0v) is 10.6. The van der Waals surface area contributed by atoms with E-state index in [1.165, 1.54) is 0 Å². The molecule has 0 aromatic heterocycles. The highest BCUT2D eigenvalue weighted by Gasteiger charge is 2.39. The van der Waals surface area contributed by atoms with Gasteiger partial charge in [0.1, 0.15) is 6.04 Å². The molecule has 0 saturated carbocycles. The minimum absolute atomic E-state index is 0.109. The number of aryl methyl sites for hydroxylation is 1. The van der Waals surface area contributed by atoms with E-state index in [2.05, 4.69) is 5.32 Å². The van der Waals surface area contributed by atoms with Crippen molar-refractivity contribution >= 4 is 17.7 Å². The van der Waals surface area contributed by atoms with Gasteiger partial charge in [-0.15, -0.1) is 0 Å². The van der Waals surface area contributed by atoms with Gasteiger partial charge in [0.2, 0.25) is 11.8 Å². The number of amides is 3. The Morgan fingerprint density at radius 3 is 2.74 bits per heavy atom. The van der Waals surface area contributed by atoms with Crippen molar-refractivity contribution in [1.29, 1.82) is 0 Å². The Morgan fingerprint density at radius 2 is 2.05 bits per heavy atom. The summed E-state index contributed by atoms with van der Waals surface area (Å²) < 4.78 is 0. The minimum Gasteiger partial charge on any atom is -0.322 e. The molecule has 19 heavy (non-hydrogen) atoms. The molecule has 3 amide bonds. The average molecular weight is 258 g/mol. The zero-order chi connectivity index (χ0) is 13.6. The van der Waals surface area contributed by atoms with Crippen LogP contribution in [0.4, 0.5) is 0 Å². The summed E-state index contributed by atoms with van der Waals surface area (Å²) in [6.07, 6.45) is 0.693. The van der Waals surface area contributed by atoms with Crippen LogP contribution in [0.1, 0.15) is 34.3 Å². The first kappa shape index (κ1) is 11.9. The van der Waals surface area contributed by atoms with Crippen LogP contribution in [0.25, 0.3) is 0 Å². The Kier molecular flexibility index (Phi) is 2.62. The Hall–Kier alpha value is -2.17. The molecule has 0 radical (unpaired) electrons. The van der Waals surface area contributed by atoms with E-state index in [1.807, 2.05) is 25.1 Å². The van der Waals surface area contributed by atoms with Crippen LogP contribution in [-0.4, -0.2) is 28.7 Å². The van der Waals surface area contributed by atoms with Gasteiger partial charge >= 0.3 is 0 Å². The highest BCUT2D eigenvalue weighted by atomic mass is 16.2. The summed E-state index contributed by atoms with van der Waals surface area (Å²) in [6.45, 7) is 2.34. The Balaban J connectivity index is 1.90. The summed E-state index contributed by atoms with van der Waals surface area (Å²) in [5, 5.41) is 2.30. The maximum Gasteiger partial charge on any atom is 0.255 e.